The van der Waals surface area contributed by atoms with Crippen LogP contribution in [0.5, 0.6) is 5.75 Å². The molecule has 1 aliphatic heterocycles. The average Bonchev–Trinajstić information content (AvgIpc) is 2.97. The van der Waals surface area contributed by atoms with Crippen molar-refractivity contribution in [1.82, 2.24) is 4.90 Å². The number of Topliss-reactive ketones (excluding diaryl/α,β-unsaturated/α-hetero) is 1. The Morgan fingerprint density at radius 2 is 1.90 bits per heavy atom. The molecule has 2 aromatic rings. The van der Waals surface area contributed by atoms with Crippen LogP contribution >= 0.6 is 15.9 Å². The lowest BCUT2D eigenvalue weighted by molar-refractivity contribution is -0.140. The quantitative estimate of drug-likeness (QED) is 0.385. The van der Waals surface area contributed by atoms with Crippen molar-refractivity contribution < 1.29 is 24.2 Å². The molecule has 0 saturated carbocycles. The molecule has 1 amide bonds. The largest absolute Gasteiger partial charge is 0.507 e. The molecule has 0 aliphatic carbocycles. The van der Waals surface area contributed by atoms with E-state index < -0.39 is 17.7 Å². The highest BCUT2D eigenvalue weighted by Crippen LogP contribution is 2.40. The molecule has 0 aromatic heterocycles. The highest BCUT2D eigenvalue weighted by Gasteiger charge is 2.45. The van der Waals surface area contributed by atoms with Gasteiger partial charge in [0.25, 0.3) is 11.7 Å². The van der Waals surface area contributed by atoms with E-state index in [1.807, 2.05) is 31.2 Å². The summed E-state index contributed by atoms with van der Waals surface area (Å²) in [6.07, 6.45) is 0. The molecule has 1 unspecified atom stereocenters. The maximum atomic E-state index is 12.8. The number of hydrogen-bond acceptors (Lipinski definition) is 5. The number of amides is 1. The van der Waals surface area contributed by atoms with Crippen LogP contribution in [0.2, 0.25) is 0 Å². The first-order chi connectivity index (χ1) is 14.0. The van der Waals surface area contributed by atoms with Crippen LogP contribution < -0.4 is 4.74 Å². The maximum Gasteiger partial charge on any atom is 0.295 e. The summed E-state index contributed by atoms with van der Waals surface area (Å²) in [5, 5.41) is 11.0. The molecule has 1 saturated heterocycles. The molecule has 1 fully saturated rings. The molecule has 1 heterocycles. The average molecular weight is 460 g/mol. The summed E-state index contributed by atoms with van der Waals surface area (Å²) in [5.41, 5.74) is 1.23. The van der Waals surface area contributed by atoms with Crippen LogP contribution in [0.3, 0.4) is 0 Å². The molecule has 7 heteroatoms. The Morgan fingerprint density at radius 1 is 1.17 bits per heavy atom. The van der Waals surface area contributed by atoms with Gasteiger partial charge in [0.15, 0.2) is 0 Å². The molecule has 0 spiro atoms. The summed E-state index contributed by atoms with van der Waals surface area (Å²) >= 11 is 3.43. The van der Waals surface area contributed by atoms with Gasteiger partial charge in [0.05, 0.1) is 24.8 Å². The van der Waals surface area contributed by atoms with Gasteiger partial charge in [-0.05, 0) is 48.9 Å². The molecule has 1 aliphatic rings. The number of rotatable bonds is 7. The van der Waals surface area contributed by atoms with Crippen molar-refractivity contribution in [2.45, 2.75) is 13.0 Å². The van der Waals surface area contributed by atoms with Crippen LogP contribution in [0.25, 0.3) is 5.76 Å². The number of benzene rings is 2. The van der Waals surface area contributed by atoms with Gasteiger partial charge in [-0.3, -0.25) is 9.59 Å². The third-order valence-corrected chi connectivity index (χ3v) is 5.17. The lowest BCUT2D eigenvalue weighted by Gasteiger charge is -2.25. The molecule has 6 nitrogen and oxygen atoms in total. The fourth-order valence-electron chi connectivity index (χ4n) is 3.35. The fraction of sp³-hybridized carbons (Fsp3) is 0.273. The second-order valence-electron chi connectivity index (χ2n) is 6.50. The van der Waals surface area contributed by atoms with Crippen molar-refractivity contribution >= 4 is 33.4 Å². The molecule has 0 bridgehead atoms. The highest BCUT2D eigenvalue weighted by molar-refractivity contribution is 9.10. The SMILES string of the molecule is CCOc1ccc(/C(O)=C2/C(=O)C(=O)N(CCOC)C2c2cccc(Br)c2)cc1. The van der Waals surface area contributed by atoms with Crippen LogP contribution in [0.1, 0.15) is 24.1 Å². The van der Waals surface area contributed by atoms with Crippen LogP contribution in [0.4, 0.5) is 0 Å². The molecule has 29 heavy (non-hydrogen) atoms. The zero-order valence-corrected chi connectivity index (χ0v) is 17.8. The van der Waals surface area contributed by atoms with Gasteiger partial charge in [0, 0.05) is 23.7 Å². The Balaban J connectivity index is 2.10. The van der Waals surface area contributed by atoms with Gasteiger partial charge < -0.3 is 19.5 Å². The second kappa shape index (κ2) is 9.24. The van der Waals surface area contributed by atoms with Crippen molar-refractivity contribution in [3.8, 4) is 5.75 Å². The van der Waals surface area contributed by atoms with Crippen LogP contribution in [-0.2, 0) is 14.3 Å². The number of likely N-dealkylation sites (tertiary alicyclic amines) is 1. The molecular weight excluding hydrogens is 438 g/mol. The molecule has 3 rings (SSSR count). The summed E-state index contributed by atoms with van der Waals surface area (Å²) in [4.78, 5) is 27.0. The topological polar surface area (TPSA) is 76.1 Å². The number of carbonyl (C=O) groups is 2. The van der Waals surface area contributed by atoms with E-state index in [0.717, 1.165) is 10.0 Å². The maximum absolute atomic E-state index is 12.8. The molecule has 1 N–H and O–H groups in total. The van der Waals surface area contributed by atoms with Gasteiger partial charge in [-0.25, -0.2) is 0 Å². The van der Waals surface area contributed by atoms with Gasteiger partial charge >= 0.3 is 0 Å². The lowest BCUT2D eigenvalue weighted by atomic mass is 9.95. The van der Waals surface area contributed by atoms with E-state index in [0.29, 0.717) is 17.9 Å². The van der Waals surface area contributed by atoms with E-state index in [2.05, 4.69) is 15.9 Å². The molecule has 0 radical (unpaired) electrons. The van der Waals surface area contributed by atoms with Crippen molar-refractivity contribution in [3.05, 3.63) is 69.7 Å². The third-order valence-electron chi connectivity index (χ3n) is 4.68. The third kappa shape index (κ3) is 4.36. The summed E-state index contributed by atoms with van der Waals surface area (Å²) in [7, 11) is 1.53. The number of halogens is 1. The first-order valence-electron chi connectivity index (χ1n) is 9.24. The zero-order chi connectivity index (χ0) is 21.0. The highest BCUT2D eigenvalue weighted by atomic mass is 79.9. The number of nitrogens with zero attached hydrogens (tertiary/aromatic N) is 1. The minimum atomic E-state index is -0.711. The van der Waals surface area contributed by atoms with E-state index in [1.54, 1.807) is 24.3 Å². The number of ketones is 1. The normalized spacial score (nSPS) is 18.3. The van der Waals surface area contributed by atoms with E-state index in [4.69, 9.17) is 9.47 Å². The minimum absolute atomic E-state index is 0.0633. The number of methoxy groups -OCH3 is 1. The monoisotopic (exact) mass is 459 g/mol. The predicted molar refractivity (Wildman–Crippen MR) is 113 cm³/mol. The Morgan fingerprint density at radius 3 is 2.52 bits per heavy atom. The van der Waals surface area contributed by atoms with Crippen molar-refractivity contribution in [2.24, 2.45) is 0 Å². The smallest absolute Gasteiger partial charge is 0.295 e. The van der Waals surface area contributed by atoms with Gasteiger partial charge in [-0.2, -0.15) is 0 Å². The first-order valence-corrected chi connectivity index (χ1v) is 10.0. The van der Waals surface area contributed by atoms with Crippen molar-refractivity contribution in [1.29, 1.82) is 0 Å². The van der Waals surface area contributed by atoms with Crippen LogP contribution in [0.15, 0.2) is 58.6 Å². The zero-order valence-electron chi connectivity index (χ0n) is 16.2. The number of hydrogen-bond donors (Lipinski definition) is 1. The summed E-state index contributed by atoms with van der Waals surface area (Å²) in [6, 6.07) is 13.4. The predicted octanol–water partition coefficient (Wildman–Crippen LogP) is 3.92. The molecule has 1 atom stereocenters. The minimum Gasteiger partial charge on any atom is -0.507 e. The van der Waals surface area contributed by atoms with E-state index in [9.17, 15) is 14.7 Å². The second-order valence-corrected chi connectivity index (χ2v) is 7.41. The van der Waals surface area contributed by atoms with Crippen molar-refractivity contribution in [2.75, 3.05) is 26.9 Å². The van der Waals surface area contributed by atoms with E-state index >= 15 is 0 Å². The Kier molecular flexibility index (Phi) is 6.71. The fourth-order valence-corrected chi connectivity index (χ4v) is 3.77. The number of aliphatic hydroxyl groups excluding tert-OH is 1. The Hall–Kier alpha value is -2.64. The van der Waals surface area contributed by atoms with Crippen LogP contribution in [-0.4, -0.2) is 48.6 Å². The lowest BCUT2D eigenvalue weighted by Crippen LogP contribution is -2.32. The standard InChI is InChI=1S/C22H22BrNO5/c1-3-29-17-9-7-14(8-10-17)20(25)18-19(15-5-4-6-16(23)13-15)24(11-12-28-2)22(27)21(18)26/h4-10,13,19,25H,3,11-12H2,1-2H3/b20-18-. The Labute approximate surface area is 177 Å². The molecule has 2 aromatic carbocycles. The van der Waals surface area contributed by atoms with Gasteiger partial charge in [-0.15, -0.1) is 0 Å². The van der Waals surface area contributed by atoms with Gasteiger partial charge in [0.1, 0.15) is 11.5 Å². The van der Waals surface area contributed by atoms with E-state index in [-0.39, 0.29) is 24.5 Å². The number of aliphatic hydroxyl groups is 1. The Bertz CT molecular complexity index is 938. The number of carbonyl (C=O) groups excluding carboxylic acids is 2. The van der Waals surface area contributed by atoms with Gasteiger partial charge in [0.2, 0.25) is 0 Å². The number of ether oxygens (including phenoxy) is 2. The molecular formula is C22H22BrNO5. The van der Waals surface area contributed by atoms with Crippen molar-refractivity contribution in [3.63, 3.8) is 0 Å². The summed E-state index contributed by atoms with van der Waals surface area (Å²) < 4.78 is 11.3. The summed E-state index contributed by atoms with van der Waals surface area (Å²) in [6.45, 7) is 2.92. The summed E-state index contributed by atoms with van der Waals surface area (Å²) in [5.74, 6) is -0.915. The van der Waals surface area contributed by atoms with E-state index in [1.165, 1.54) is 12.0 Å². The molecule has 152 valence electrons. The van der Waals surface area contributed by atoms with Crippen LogP contribution in [0, 0.1) is 0 Å². The first kappa shape index (κ1) is 21.1. The van der Waals surface area contributed by atoms with Gasteiger partial charge in [-0.1, -0.05) is 28.1 Å².